The molecule has 1 saturated carbocycles. The number of hydrogen-bond acceptors (Lipinski definition) is 4. The molecule has 0 bridgehead atoms. The largest absolute Gasteiger partial charge is 0.384 e. The molecule has 0 radical (unpaired) electrons. The summed E-state index contributed by atoms with van der Waals surface area (Å²) in [4.78, 5) is 16.0. The van der Waals surface area contributed by atoms with Gasteiger partial charge in [-0.2, -0.15) is 0 Å². The first kappa shape index (κ1) is 14.5. The number of carbonyl (C=O) groups excluding carboxylic acids is 1. The summed E-state index contributed by atoms with van der Waals surface area (Å²) >= 11 is 0. The van der Waals surface area contributed by atoms with Crippen molar-refractivity contribution < 1.29 is 14.6 Å². The highest BCUT2D eigenvalue weighted by Crippen LogP contribution is 2.23. The summed E-state index contributed by atoms with van der Waals surface area (Å²) in [6, 6.07) is 1.84. The molecule has 5 heteroatoms. The standard InChI is InChI=1S/C15H18N2O3/c1-2-20-14-7-13(8-14)17-15(19)12-6-11(4-3-5-18)9-16-10-12/h6,9-10,13-14,18H,2,5,7-8H2,1H3,(H,17,19). The predicted molar refractivity (Wildman–Crippen MR) is 74.1 cm³/mol. The number of carbonyl (C=O) groups is 1. The van der Waals surface area contributed by atoms with E-state index in [1.165, 1.54) is 6.20 Å². The van der Waals surface area contributed by atoms with E-state index in [-0.39, 0.29) is 24.7 Å². The number of nitrogens with one attached hydrogen (secondary N) is 1. The average Bonchev–Trinajstić information content (AvgIpc) is 2.43. The normalized spacial score (nSPS) is 20.5. The number of ether oxygens (including phenoxy) is 1. The van der Waals surface area contributed by atoms with Gasteiger partial charge in [0, 0.05) is 30.6 Å². The van der Waals surface area contributed by atoms with E-state index in [4.69, 9.17) is 9.84 Å². The molecule has 1 aliphatic carbocycles. The molecule has 0 aliphatic heterocycles. The maximum Gasteiger partial charge on any atom is 0.253 e. The van der Waals surface area contributed by atoms with Gasteiger partial charge in [0.1, 0.15) is 6.61 Å². The third-order valence-corrected chi connectivity index (χ3v) is 3.14. The van der Waals surface area contributed by atoms with Crippen LogP contribution in [-0.2, 0) is 4.74 Å². The van der Waals surface area contributed by atoms with Crippen molar-refractivity contribution in [2.45, 2.75) is 31.9 Å². The van der Waals surface area contributed by atoms with Gasteiger partial charge in [-0.15, -0.1) is 0 Å². The Morgan fingerprint density at radius 3 is 3.05 bits per heavy atom. The minimum Gasteiger partial charge on any atom is -0.384 e. The van der Waals surface area contributed by atoms with Crippen molar-refractivity contribution in [1.82, 2.24) is 10.3 Å². The molecule has 5 nitrogen and oxygen atoms in total. The Bertz CT molecular complexity index is 527. The van der Waals surface area contributed by atoms with Gasteiger partial charge in [0.15, 0.2) is 0 Å². The highest BCUT2D eigenvalue weighted by molar-refractivity contribution is 5.94. The number of aromatic nitrogens is 1. The molecule has 0 atom stereocenters. The zero-order valence-electron chi connectivity index (χ0n) is 11.4. The number of rotatable bonds is 4. The molecule has 1 amide bonds. The van der Waals surface area contributed by atoms with Crippen LogP contribution in [0.5, 0.6) is 0 Å². The van der Waals surface area contributed by atoms with Crippen molar-refractivity contribution in [1.29, 1.82) is 0 Å². The molecule has 1 fully saturated rings. The molecule has 1 aromatic heterocycles. The summed E-state index contributed by atoms with van der Waals surface area (Å²) in [6.07, 6.45) is 5.06. The molecule has 106 valence electrons. The second-order valence-electron chi connectivity index (χ2n) is 4.64. The molecule has 0 unspecified atom stereocenters. The van der Waals surface area contributed by atoms with Crippen LogP contribution in [0.3, 0.4) is 0 Å². The molecule has 1 aromatic rings. The number of nitrogens with zero attached hydrogens (tertiary/aromatic N) is 1. The van der Waals surface area contributed by atoms with E-state index in [1.54, 1.807) is 12.3 Å². The minimum absolute atomic E-state index is 0.148. The van der Waals surface area contributed by atoms with Crippen molar-refractivity contribution in [3.63, 3.8) is 0 Å². The predicted octanol–water partition coefficient (Wildman–Crippen LogP) is 0.723. The second-order valence-corrected chi connectivity index (χ2v) is 4.64. The lowest BCUT2D eigenvalue weighted by atomic mass is 9.89. The first-order chi connectivity index (χ1) is 9.72. The Hall–Kier alpha value is -1.90. The van der Waals surface area contributed by atoms with Crippen LogP contribution in [0.15, 0.2) is 18.5 Å². The van der Waals surface area contributed by atoms with Crippen LogP contribution in [0.2, 0.25) is 0 Å². The summed E-state index contributed by atoms with van der Waals surface area (Å²) in [5.41, 5.74) is 1.10. The zero-order chi connectivity index (χ0) is 14.4. The number of amides is 1. The van der Waals surface area contributed by atoms with Crippen LogP contribution < -0.4 is 5.32 Å². The first-order valence-corrected chi connectivity index (χ1v) is 6.70. The average molecular weight is 274 g/mol. The van der Waals surface area contributed by atoms with E-state index in [1.807, 2.05) is 6.92 Å². The maximum atomic E-state index is 12.0. The first-order valence-electron chi connectivity index (χ1n) is 6.70. The number of aliphatic hydroxyl groups excluding tert-OH is 1. The smallest absolute Gasteiger partial charge is 0.253 e. The van der Waals surface area contributed by atoms with Crippen molar-refractivity contribution in [2.24, 2.45) is 0 Å². The Morgan fingerprint density at radius 2 is 2.35 bits per heavy atom. The summed E-state index contributed by atoms with van der Waals surface area (Å²) in [5, 5.41) is 11.6. The fourth-order valence-electron chi connectivity index (χ4n) is 2.10. The van der Waals surface area contributed by atoms with Crippen LogP contribution in [0.4, 0.5) is 0 Å². The van der Waals surface area contributed by atoms with Crippen LogP contribution in [-0.4, -0.2) is 41.4 Å². The zero-order valence-corrected chi connectivity index (χ0v) is 11.4. The number of pyridine rings is 1. The van der Waals surface area contributed by atoms with Gasteiger partial charge in [-0.05, 0) is 25.8 Å². The Labute approximate surface area is 118 Å². The molecule has 1 aliphatic rings. The summed E-state index contributed by atoms with van der Waals surface area (Å²) in [7, 11) is 0. The quantitative estimate of drug-likeness (QED) is 0.794. The van der Waals surface area contributed by atoms with Crippen molar-refractivity contribution >= 4 is 5.91 Å². The van der Waals surface area contributed by atoms with Gasteiger partial charge in [0.2, 0.25) is 0 Å². The Balaban J connectivity index is 1.90. The van der Waals surface area contributed by atoms with E-state index in [0.717, 1.165) is 12.8 Å². The van der Waals surface area contributed by atoms with Gasteiger partial charge in [-0.1, -0.05) is 11.8 Å². The van der Waals surface area contributed by atoms with E-state index in [0.29, 0.717) is 17.7 Å². The SMILES string of the molecule is CCOC1CC(NC(=O)c2cncc(C#CCO)c2)C1. The fraction of sp³-hybridized carbons (Fsp3) is 0.467. The minimum atomic E-state index is -0.211. The summed E-state index contributed by atoms with van der Waals surface area (Å²) < 4.78 is 5.45. The lowest BCUT2D eigenvalue weighted by molar-refractivity contribution is -0.00862. The number of hydrogen-bond donors (Lipinski definition) is 2. The highest BCUT2D eigenvalue weighted by atomic mass is 16.5. The van der Waals surface area contributed by atoms with Gasteiger partial charge >= 0.3 is 0 Å². The van der Waals surface area contributed by atoms with Crippen LogP contribution >= 0.6 is 0 Å². The third kappa shape index (κ3) is 3.80. The van der Waals surface area contributed by atoms with Gasteiger partial charge in [0.25, 0.3) is 5.91 Å². The van der Waals surface area contributed by atoms with E-state index < -0.39 is 0 Å². The van der Waals surface area contributed by atoms with E-state index >= 15 is 0 Å². The van der Waals surface area contributed by atoms with Crippen molar-refractivity contribution in [3.05, 3.63) is 29.6 Å². The van der Waals surface area contributed by atoms with Gasteiger partial charge < -0.3 is 15.2 Å². The highest BCUT2D eigenvalue weighted by Gasteiger charge is 2.30. The maximum absolute atomic E-state index is 12.0. The monoisotopic (exact) mass is 274 g/mol. The van der Waals surface area contributed by atoms with Gasteiger partial charge in [-0.25, -0.2) is 0 Å². The summed E-state index contributed by atoms with van der Waals surface area (Å²) in [6.45, 7) is 2.47. The lowest BCUT2D eigenvalue weighted by Gasteiger charge is -2.35. The molecular formula is C15H18N2O3. The molecule has 2 rings (SSSR count). The topological polar surface area (TPSA) is 71.5 Å². The van der Waals surface area contributed by atoms with Crippen LogP contribution in [0.25, 0.3) is 0 Å². The van der Waals surface area contributed by atoms with E-state index in [2.05, 4.69) is 22.1 Å². The number of aliphatic hydroxyl groups is 1. The summed E-state index contributed by atoms with van der Waals surface area (Å²) in [5.74, 6) is 5.12. The van der Waals surface area contributed by atoms with Crippen molar-refractivity contribution in [2.75, 3.05) is 13.2 Å². The Kier molecular flexibility index (Phi) is 5.10. The molecule has 0 aromatic carbocycles. The van der Waals surface area contributed by atoms with Crippen molar-refractivity contribution in [3.8, 4) is 11.8 Å². The van der Waals surface area contributed by atoms with Gasteiger partial charge in [-0.3, -0.25) is 9.78 Å². The molecule has 0 saturated heterocycles. The third-order valence-electron chi connectivity index (χ3n) is 3.14. The molecule has 0 spiro atoms. The van der Waals surface area contributed by atoms with E-state index in [9.17, 15) is 4.79 Å². The molecule has 20 heavy (non-hydrogen) atoms. The Morgan fingerprint density at radius 1 is 1.55 bits per heavy atom. The lowest BCUT2D eigenvalue weighted by Crippen LogP contribution is -2.47. The fourth-order valence-corrected chi connectivity index (χ4v) is 2.10. The molecule has 2 N–H and O–H groups in total. The molecular weight excluding hydrogens is 256 g/mol. The van der Waals surface area contributed by atoms with Crippen LogP contribution in [0, 0.1) is 11.8 Å². The van der Waals surface area contributed by atoms with Gasteiger partial charge in [0.05, 0.1) is 11.7 Å². The van der Waals surface area contributed by atoms with Crippen LogP contribution in [0.1, 0.15) is 35.7 Å². The molecule has 1 heterocycles. The second kappa shape index (κ2) is 7.04.